The maximum absolute atomic E-state index is 5.92. The Balaban J connectivity index is 2.34. The Kier molecular flexibility index (Phi) is 7.65. The average molecular weight is 291 g/mol. The van der Waals surface area contributed by atoms with E-state index in [1.165, 1.54) is 12.8 Å². The summed E-state index contributed by atoms with van der Waals surface area (Å²) in [7, 11) is 1.66. The van der Waals surface area contributed by atoms with Gasteiger partial charge in [-0.15, -0.1) is 0 Å². The molecule has 1 unspecified atom stereocenters. The maximum Gasteiger partial charge on any atom is 0.189 e. The molecule has 1 atom stereocenters. The molecule has 0 fully saturated rings. The largest absolute Gasteiger partial charge is 0.497 e. The Bertz CT molecular complexity index is 426. The van der Waals surface area contributed by atoms with Crippen molar-refractivity contribution in [2.75, 3.05) is 7.11 Å². The van der Waals surface area contributed by atoms with E-state index in [1.807, 2.05) is 24.3 Å². The van der Waals surface area contributed by atoms with Gasteiger partial charge in [0.25, 0.3) is 0 Å². The van der Waals surface area contributed by atoms with Crippen molar-refractivity contribution in [3.63, 3.8) is 0 Å². The lowest BCUT2D eigenvalue weighted by Crippen LogP contribution is -2.38. The molecule has 0 amide bonds. The SMILES string of the molecule is COc1ccc(CN=C(N)NC(C)CCCC(C)C)cc1. The van der Waals surface area contributed by atoms with E-state index in [9.17, 15) is 0 Å². The lowest BCUT2D eigenvalue weighted by molar-refractivity contribution is 0.414. The van der Waals surface area contributed by atoms with Gasteiger partial charge in [0.2, 0.25) is 0 Å². The summed E-state index contributed by atoms with van der Waals surface area (Å²) in [6.45, 7) is 7.24. The minimum absolute atomic E-state index is 0.364. The molecule has 0 saturated heterocycles. The molecule has 4 nitrogen and oxygen atoms in total. The van der Waals surface area contributed by atoms with Gasteiger partial charge in [0, 0.05) is 6.04 Å². The number of nitrogens with one attached hydrogen (secondary N) is 1. The van der Waals surface area contributed by atoms with E-state index in [-0.39, 0.29) is 0 Å². The number of methoxy groups -OCH3 is 1. The Morgan fingerprint density at radius 1 is 1.19 bits per heavy atom. The smallest absolute Gasteiger partial charge is 0.189 e. The molecule has 3 N–H and O–H groups in total. The van der Waals surface area contributed by atoms with Gasteiger partial charge >= 0.3 is 0 Å². The molecule has 0 spiro atoms. The first kappa shape index (κ1) is 17.3. The highest BCUT2D eigenvalue weighted by molar-refractivity contribution is 5.78. The van der Waals surface area contributed by atoms with Crippen molar-refractivity contribution >= 4 is 5.96 Å². The summed E-state index contributed by atoms with van der Waals surface area (Å²) in [4.78, 5) is 4.38. The molecule has 0 aromatic heterocycles. The molecule has 1 rings (SSSR count). The Labute approximate surface area is 128 Å². The first-order valence-electron chi connectivity index (χ1n) is 7.70. The topological polar surface area (TPSA) is 59.6 Å². The van der Waals surface area contributed by atoms with Crippen molar-refractivity contribution < 1.29 is 4.74 Å². The quantitative estimate of drug-likeness (QED) is 0.570. The van der Waals surface area contributed by atoms with Crippen molar-refractivity contribution in [3.8, 4) is 5.75 Å². The van der Waals surface area contributed by atoms with Crippen LogP contribution in [-0.2, 0) is 6.54 Å². The van der Waals surface area contributed by atoms with E-state index >= 15 is 0 Å². The number of rotatable bonds is 8. The van der Waals surface area contributed by atoms with Crippen LogP contribution in [0.1, 0.15) is 45.6 Å². The zero-order chi connectivity index (χ0) is 15.7. The summed E-state index contributed by atoms with van der Waals surface area (Å²) in [5.74, 6) is 2.13. The van der Waals surface area contributed by atoms with Crippen LogP contribution in [-0.4, -0.2) is 19.1 Å². The van der Waals surface area contributed by atoms with Gasteiger partial charge in [0.05, 0.1) is 13.7 Å². The summed E-state index contributed by atoms with van der Waals surface area (Å²) in [6, 6.07) is 8.23. The molecule has 0 heterocycles. The summed E-state index contributed by atoms with van der Waals surface area (Å²) in [6.07, 6.45) is 3.60. The number of ether oxygens (including phenoxy) is 1. The number of hydrogen-bond donors (Lipinski definition) is 2. The predicted molar refractivity (Wildman–Crippen MR) is 89.6 cm³/mol. The minimum Gasteiger partial charge on any atom is -0.497 e. The molecule has 0 bridgehead atoms. The summed E-state index contributed by atoms with van der Waals surface area (Å²) >= 11 is 0. The van der Waals surface area contributed by atoms with Crippen LogP contribution in [0.4, 0.5) is 0 Å². The lowest BCUT2D eigenvalue weighted by Gasteiger charge is -2.15. The van der Waals surface area contributed by atoms with Gasteiger partial charge in [0.1, 0.15) is 5.75 Å². The van der Waals surface area contributed by atoms with E-state index in [0.717, 1.165) is 23.7 Å². The number of benzene rings is 1. The highest BCUT2D eigenvalue weighted by atomic mass is 16.5. The highest BCUT2D eigenvalue weighted by Crippen LogP contribution is 2.12. The molecule has 0 radical (unpaired) electrons. The molecule has 0 aliphatic rings. The van der Waals surface area contributed by atoms with Gasteiger partial charge in [-0.2, -0.15) is 0 Å². The third kappa shape index (κ3) is 7.59. The monoisotopic (exact) mass is 291 g/mol. The van der Waals surface area contributed by atoms with Gasteiger partial charge in [0.15, 0.2) is 5.96 Å². The third-order valence-electron chi connectivity index (χ3n) is 3.40. The Morgan fingerprint density at radius 2 is 1.86 bits per heavy atom. The molecule has 0 aliphatic heterocycles. The molecule has 0 aliphatic carbocycles. The Morgan fingerprint density at radius 3 is 2.43 bits per heavy atom. The van der Waals surface area contributed by atoms with E-state index in [0.29, 0.717) is 18.5 Å². The van der Waals surface area contributed by atoms with E-state index < -0.39 is 0 Å². The fraction of sp³-hybridized carbons (Fsp3) is 0.588. The van der Waals surface area contributed by atoms with Crippen LogP contribution < -0.4 is 15.8 Å². The second kappa shape index (κ2) is 9.27. The predicted octanol–water partition coefficient (Wildman–Crippen LogP) is 3.31. The van der Waals surface area contributed by atoms with E-state index in [1.54, 1.807) is 7.11 Å². The van der Waals surface area contributed by atoms with Crippen molar-refractivity contribution in [1.29, 1.82) is 0 Å². The zero-order valence-electron chi connectivity index (χ0n) is 13.7. The molecule has 118 valence electrons. The lowest BCUT2D eigenvalue weighted by atomic mass is 10.0. The first-order chi connectivity index (χ1) is 10.0. The third-order valence-corrected chi connectivity index (χ3v) is 3.40. The van der Waals surface area contributed by atoms with E-state index in [4.69, 9.17) is 10.5 Å². The van der Waals surface area contributed by atoms with Crippen molar-refractivity contribution in [2.24, 2.45) is 16.6 Å². The van der Waals surface area contributed by atoms with E-state index in [2.05, 4.69) is 31.1 Å². The summed E-state index contributed by atoms with van der Waals surface area (Å²) < 4.78 is 5.13. The molecule has 1 aromatic rings. The van der Waals surface area contributed by atoms with Gasteiger partial charge < -0.3 is 15.8 Å². The van der Waals surface area contributed by atoms with Crippen LogP contribution in [0, 0.1) is 5.92 Å². The van der Waals surface area contributed by atoms with Crippen LogP contribution in [0.25, 0.3) is 0 Å². The van der Waals surface area contributed by atoms with Crippen LogP contribution in [0.5, 0.6) is 5.75 Å². The highest BCUT2D eigenvalue weighted by Gasteiger charge is 2.03. The van der Waals surface area contributed by atoms with Crippen LogP contribution >= 0.6 is 0 Å². The van der Waals surface area contributed by atoms with Crippen molar-refractivity contribution in [1.82, 2.24) is 5.32 Å². The number of aliphatic imine (C=N–C) groups is 1. The maximum atomic E-state index is 5.92. The van der Waals surface area contributed by atoms with Crippen LogP contribution in [0.3, 0.4) is 0 Å². The van der Waals surface area contributed by atoms with Gasteiger partial charge in [-0.05, 0) is 37.0 Å². The number of guanidine groups is 1. The zero-order valence-corrected chi connectivity index (χ0v) is 13.7. The fourth-order valence-electron chi connectivity index (χ4n) is 2.11. The molecular formula is C17H29N3O. The summed E-state index contributed by atoms with van der Waals surface area (Å²) in [5, 5.41) is 3.25. The molecule has 1 aromatic carbocycles. The summed E-state index contributed by atoms with van der Waals surface area (Å²) in [5.41, 5.74) is 7.04. The standard InChI is InChI=1S/C17H29N3O/c1-13(2)6-5-7-14(3)20-17(18)19-12-15-8-10-16(21-4)11-9-15/h8-11,13-14H,5-7,12H2,1-4H3,(H3,18,19,20). The van der Waals surface area contributed by atoms with Crippen molar-refractivity contribution in [3.05, 3.63) is 29.8 Å². The van der Waals surface area contributed by atoms with Crippen molar-refractivity contribution in [2.45, 2.75) is 52.6 Å². The number of nitrogens with two attached hydrogens (primary N) is 1. The number of hydrogen-bond acceptors (Lipinski definition) is 2. The number of nitrogens with zero attached hydrogens (tertiary/aromatic N) is 1. The van der Waals surface area contributed by atoms with Crippen LogP contribution in [0.15, 0.2) is 29.3 Å². The van der Waals surface area contributed by atoms with Gasteiger partial charge in [-0.25, -0.2) is 4.99 Å². The molecular weight excluding hydrogens is 262 g/mol. The average Bonchev–Trinajstić information content (AvgIpc) is 2.45. The Hall–Kier alpha value is -1.71. The minimum atomic E-state index is 0.364. The first-order valence-corrected chi connectivity index (χ1v) is 7.70. The van der Waals surface area contributed by atoms with Gasteiger partial charge in [-0.3, -0.25) is 0 Å². The second-order valence-corrected chi connectivity index (χ2v) is 5.92. The normalized spacial score (nSPS) is 13.3. The van der Waals surface area contributed by atoms with Gasteiger partial charge in [-0.1, -0.05) is 38.8 Å². The molecule has 4 heteroatoms. The fourth-order valence-corrected chi connectivity index (χ4v) is 2.11. The molecule has 0 saturated carbocycles. The molecule has 21 heavy (non-hydrogen) atoms. The second-order valence-electron chi connectivity index (χ2n) is 5.92. The van der Waals surface area contributed by atoms with Crippen LogP contribution in [0.2, 0.25) is 0 Å².